The number of hydrogen-bond acceptors (Lipinski definition) is 8. The van der Waals surface area contributed by atoms with Gasteiger partial charge in [0.2, 0.25) is 0 Å². The zero-order chi connectivity index (χ0) is 21.0. The summed E-state index contributed by atoms with van der Waals surface area (Å²) in [6.45, 7) is -1.33. The molecule has 0 radical (unpaired) electrons. The maximum absolute atomic E-state index is 12.2. The van der Waals surface area contributed by atoms with Gasteiger partial charge in [0, 0.05) is 17.7 Å². The van der Waals surface area contributed by atoms with Crippen molar-refractivity contribution in [1.82, 2.24) is 0 Å². The highest BCUT2D eigenvalue weighted by molar-refractivity contribution is 6.02. The lowest BCUT2D eigenvalue weighted by Gasteiger charge is -2.28. The van der Waals surface area contributed by atoms with E-state index >= 15 is 0 Å². The van der Waals surface area contributed by atoms with E-state index < -0.39 is 35.7 Å². The van der Waals surface area contributed by atoms with Crippen LogP contribution in [0.15, 0.2) is 42.5 Å². The molecule has 0 spiro atoms. The first kappa shape index (κ1) is 19.8. The Morgan fingerprint density at radius 3 is 2.59 bits per heavy atom. The summed E-state index contributed by atoms with van der Waals surface area (Å²) in [5.74, 6) is -1.00. The Balaban J connectivity index is 1.65. The highest BCUT2D eigenvalue weighted by Gasteiger charge is 2.29. The van der Waals surface area contributed by atoms with Gasteiger partial charge >= 0.3 is 5.97 Å². The van der Waals surface area contributed by atoms with E-state index in [1.54, 1.807) is 12.1 Å². The van der Waals surface area contributed by atoms with Crippen molar-refractivity contribution >= 4 is 29.0 Å². The Morgan fingerprint density at radius 2 is 1.93 bits per heavy atom. The molecule has 10 heteroatoms. The van der Waals surface area contributed by atoms with E-state index in [1.165, 1.54) is 31.4 Å². The molecule has 1 aliphatic heterocycles. The number of carbonyl (C=O) groups excluding carboxylic acids is 3. The van der Waals surface area contributed by atoms with E-state index in [2.05, 4.69) is 0 Å². The van der Waals surface area contributed by atoms with Crippen LogP contribution in [0.2, 0.25) is 0 Å². The van der Waals surface area contributed by atoms with Crippen LogP contribution < -0.4 is 14.4 Å². The quantitative estimate of drug-likeness (QED) is 0.298. The second-order valence-electron chi connectivity index (χ2n) is 5.99. The average molecular weight is 400 g/mol. The topological polar surface area (TPSA) is 125 Å². The van der Waals surface area contributed by atoms with Crippen LogP contribution >= 0.6 is 0 Å². The third-order valence-electron chi connectivity index (χ3n) is 4.16. The zero-order valence-corrected chi connectivity index (χ0v) is 15.3. The van der Waals surface area contributed by atoms with E-state index in [0.717, 1.165) is 11.0 Å². The molecular formula is C19H16N2O8. The first-order chi connectivity index (χ1) is 13.9. The van der Waals surface area contributed by atoms with Crippen LogP contribution in [-0.2, 0) is 14.3 Å². The van der Waals surface area contributed by atoms with Crippen molar-refractivity contribution in [3.05, 3.63) is 58.1 Å². The Kier molecular flexibility index (Phi) is 5.72. The molecule has 1 aliphatic rings. The summed E-state index contributed by atoms with van der Waals surface area (Å²) in [6.07, 6.45) is 0. The van der Waals surface area contributed by atoms with Gasteiger partial charge in [0.25, 0.3) is 11.6 Å². The molecule has 3 rings (SSSR count). The molecular weight excluding hydrogens is 384 g/mol. The summed E-state index contributed by atoms with van der Waals surface area (Å²) in [5, 5.41) is 11.0. The Bertz CT molecular complexity index is 971. The van der Waals surface area contributed by atoms with Crippen LogP contribution in [0.25, 0.3) is 0 Å². The third-order valence-corrected chi connectivity index (χ3v) is 4.16. The van der Waals surface area contributed by atoms with E-state index in [1.807, 2.05) is 0 Å². The number of ketones is 1. The van der Waals surface area contributed by atoms with Gasteiger partial charge in [0.15, 0.2) is 19.0 Å². The summed E-state index contributed by atoms with van der Waals surface area (Å²) in [4.78, 5) is 47.8. The van der Waals surface area contributed by atoms with Gasteiger partial charge in [-0.15, -0.1) is 0 Å². The number of carbonyl (C=O) groups is 3. The van der Waals surface area contributed by atoms with Crippen molar-refractivity contribution in [2.24, 2.45) is 0 Å². The minimum absolute atomic E-state index is 0.0916. The summed E-state index contributed by atoms with van der Waals surface area (Å²) < 4.78 is 15.2. The standard InChI is InChI=1S/C19H16N2O8/c1-27-14-5-2-12(3-6-14)16(22)10-29-19(24)9-20-15-8-13(21(25)26)4-7-17(15)28-11-18(20)23/h2-8H,9-11H2,1H3. The molecule has 1 amide bonds. The van der Waals surface area contributed by atoms with Crippen molar-refractivity contribution in [2.75, 3.05) is 31.8 Å². The number of hydrogen-bond donors (Lipinski definition) is 0. The van der Waals surface area contributed by atoms with Crippen LogP contribution in [0, 0.1) is 10.1 Å². The summed E-state index contributed by atoms with van der Waals surface area (Å²) in [7, 11) is 1.50. The largest absolute Gasteiger partial charge is 0.497 e. The van der Waals surface area contributed by atoms with Crippen molar-refractivity contribution in [2.45, 2.75) is 0 Å². The van der Waals surface area contributed by atoms with Gasteiger partial charge in [-0.25, -0.2) is 0 Å². The molecule has 0 N–H and O–H groups in total. The number of anilines is 1. The number of ether oxygens (including phenoxy) is 3. The molecule has 0 atom stereocenters. The number of rotatable bonds is 7. The maximum atomic E-state index is 12.2. The predicted molar refractivity (Wildman–Crippen MR) is 99.2 cm³/mol. The van der Waals surface area contributed by atoms with Crippen molar-refractivity contribution in [3.8, 4) is 11.5 Å². The van der Waals surface area contributed by atoms with Gasteiger partial charge in [-0.2, -0.15) is 0 Å². The number of fused-ring (bicyclic) bond motifs is 1. The van der Waals surface area contributed by atoms with Crippen LogP contribution in [0.4, 0.5) is 11.4 Å². The minimum atomic E-state index is -0.834. The summed E-state index contributed by atoms with van der Waals surface area (Å²) in [6, 6.07) is 10.0. The number of amides is 1. The number of methoxy groups -OCH3 is 1. The smallest absolute Gasteiger partial charge is 0.326 e. The molecule has 0 aromatic heterocycles. The Hall–Kier alpha value is -3.95. The SMILES string of the molecule is COc1ccc(C(=O)COC(=O)CN2C(=O)COc3ccc([N+](=O)[O-])cc32)cc1. The van der Waals surface area contributed by atoms with Gasteiger partial charge in [0.05, 0.1) is 17.7 Å². The molecule has 1 heterocycles. The molecule has 150 valence electrons. The van der Waals surface area contributed by atoms with Gasteiger partial charge in [0.1, 0.15) is 18.0 Å². The molecule has 10 nitrogen and oxygen atoms in total. The molecule has 29 heavy (non-hydrogen) atoms. The van der Waals surface area contributed by atoms with Crippen molar-refractivity contribution in [3.63, 3.8) is 0 Å². The second-order valence-corrected chi connectivity index (χ2v) is 5.99. The Morgan fingerprint density at radius 1 is 1.21 bits per heavy atom. The first-order valence-corrected chi connectivity index (χ1v) is 8.43. The highest BCUT2D eigenvalue weighted by atomic mass is 16.6. The van der Waals surface area contributed by atoms with Gasteiger partial charge in [-0.05, 0) is 30.3 Å². The molecule has 0 bridgehead atoms. The number of non-ortho nitro benzene ring substituents is 1. The average Bonchev–Trinajstić information content (AvgIpc) is 2.73. The normalized spacial score (nSPS) is 12.6. The lowest BCUT2D eigenvalue weighted by atomic mass is 10.1. The van der Waals surface area contributed by atoms with E-state index in [0.29, 0.717) is 11.3 Å². The predicted octanol–water partition coefficient (Wildman–Crippen LogP) is 1.75. The number of esters is 1. The van der Waals surface area contributed by atoms with E-state index in [-0.39, 0.29) is 23.7 Å². The summed E-state index contributed by atoms with van der Waals surface area (Å²) >= 11 is 0. The maximum Gasteiger partial charge on any atom is 0.326 e. The number of nitro groups is 1. The number of nitro benzene ring substituents is 1. The van der Waals surface area contributed by atoms with Crippen molar-refractivity contribution in [1.29, 1.82) is 0 Å². The van der Waals surface area contributed by atoms with E-state index in [9.17, 15) is 24.5 Å². The molecule has 0 unspecified atom stereocenters. The summed E-state index contributed by atoms with van der Waals surface area (Å²) in [5.41, 5.74) is 0.172. The molecule has 2 aromatic carbocycles. The fraction of sp³-hybridized carbons (Fsp3) is 0.211. The highest BCUT2D eigenvalue weighted by Crippen LogP contribution is 2.35. The second kappa shape index (κ2) is 8.38. The number of benzene rings is 2. The van der Waals surface area contributed by atoms with Crippen LogP contribution in [0.1, 0.15) is 10.4 Å². The first-order valence-electron chi connectivity index (χ1n) is 8.43. The lowest BCUT2D eigenvalue weighted by molar-refractivity contribution is -0.384. The molecule has 0 fully saturated rings. The van der Waals surface area contributed by atoms with E-state index in [4.69, 9.17) is 14.2 Å². The third kappa shape index (κ3) is 4.49. The molecule has 0 aliphatic carbocycles. The molecule has 2 aromatic rings. The van der Waals surface area contributed by atoms with Crippen molar-refractivity contribution < 1.29 is 33.5 Å². The van der Waals surface area contributed by atoms with Gasteiger partial charge in [-0.3, -0.25) is 29.4 Å². The van der Waals surface area contributed by atoms with Gasteiger partial charge < -0.3 is 14.2 Å². The lowest BCUT2D eigenvalue weighted by Crippen LogP contribution is -2.42. The number of Topliss-reactive ketones (excluding diaryl/α,β-unsaturated/α-hetero) is 1. The Labute approximate surface area is 164 Å². The van der Waals surface area contributed by atoms with Crippen LogP contribution in [0.3, 0.4) is 0 Å². The zero-order valence-electron chi connectivity index (χ0n) is 15.3. The molecule has 0 saturated heterocycles. The molecule has 0 saturated carbocycles. The monoisotopic (exact) mass is 400 g/mol. The van der Waals surface area contributed by atoms with Crippen LogP contribution in [0.5, 0.6) is 11.5 Å². The minimum Gasteiger partial charge on any atom is -0.497 e. The fourth-order valence-electron chi connectivity index (χ4n) is 2.66. The number of nitrogens with zero attached hydrogens (tertiary/aromatic N) is 2. The van der Waals surface area contributed by atoms with Gasteiger partial charge in [-0.1, -0.05) is 0 Å². The fourth-order valence-corrected chi connectivity index (χ4v) is 2.66. The van der Waals surface area contributed by atoms with Crippen LogP contribution in [-0.4, -0.2) is 49.5 Å².